The molecule has 0 unspecified atom stereocenters. The number of ether oxygens (including phenoxy) is 3. The maximum Gasteiger partial charge on any atom is 0.355 e. The molecule has 0 saturated carbocycles. The van der Waals surface area contributed by atoms with Crippen LogP contribution in [0.15, 0.2) is 60.7 Å². The lowest BCUT2D eigenvalue weighted by atomic mass is 9.97. The van der Waals surface area contributed by atoms with Gasteiger partial charge >= 0.3 is 5.97 Å². The van der Waals surface area contributed by atoms with E-state index in [0.717, 1.165) is 94.4 Å². The number of aryl methyl sites for hydroxylation is 3. The first-order chi connectivity index (χ1) is 22.4. The van der Waals surface area contributed by atoms with Gasteiger partial charge in [0.25, 0.3) is 0 Å². The zero-order valence-corrected chi connectivity index (χ0v) is 27.8. The molecule has 0 aliphatic carbocycles. The maximum absolute atomic E-state index is 13.8. The average Bonchev–Trinajstić information content (AvgIpc) is 3.52. The third-order valence-corrected chi connectivity index (χ3v) is 8.89. The molecule has 0 N–H and O–H groups in total. The van der Waals surface area contributed by atoms with Gasteiger partial charge in [-0.15, -0.1) is 0 Å². The van der Waals surface area contributed by atoms with E-state index in [1.165, 1.54) is 0 Å². The predicted molar refractivity (Wildman–Crippen MR) is 183 cm³/mol. The Balaban J connectivity index is 1.44. The highest BCUT2D eigenvalue weighted by Gasteiger charge is 2.29. The summed E-state index contributed by atoms with van der Waals surface area (Å²) in [7, 11) is 4.19. The van der Waals surface area contributed by atoms with Crippen LogP contribution < -0.4 is 4.74 Å². The molecular formula is C38H46N4O4. The average molecular weight is 623 g/mol. The third kappa shape index (κ3) is 6.42. The van der Waals surface area contributed by atoms with E-state index >= 15 is 0 Å². The first kappa shape index (κ1) is 31.8. The molecule has 0 radical (unpaired) electrons. The lowest BCUT2D eigenvalue weighted by Crippen LogP contribution is -2.21. The predicted octanol–water partition coefficient (Wildman–Crippen LogP) is 7.53. The van der Waals surface area contributed by atoms with Gasteiger partial charge in [-0.3, -0.25) is 4.68 Å². The van der Waals surface area contributed by atoms with Gasteiger partial charge < -0.3 is 23.7 Å². The SMILES string of the molecule is CCOC(=O)c1c(CCCOc2cccc3ccccc23)c2cccc3c2n1CCCCN(C)Cc1c-3c(COC(C)C)nn1C. The van der Waals surface area contributed by atoms with Crippen molar-refractivity contribution in [2.45, 2.75) is 72.3 Å². The minimum atomic E-state index is -0.267. The molecule has 46 heavy (non-hydrogen) atoms. The van der Waals surface area contributed by atoms with Crippen LogP contribution >= 0.6 is 0 Å². The van der Waals surface area contributed by atoms with E-state index in [1.54, 1.807) is 0 Å². The van der Waals surface area contributed by atoms with Gasteiger partial charge in [0.05, 0.1) is 42.8 Å². The van der Waals surface area contributed by atoms with Crippen molar-refractivity contribution in [2.24, 2.45) is 7.05 Å². The molecule has 242 valence electrons. The number of carbonyl (C=O) groups excluding carboxylic acids is 1. The minimum absolute atomic E-state index is 0.0841. The summed E-state index contributed by atoms with van der Waals surface area (Å²) in [4.78, 5) is 16.2. The Hall–Kier alpha value is -4.14. The Morgan fingerprint density at radius 3 is 2.54 bits per heavy atom. The number of esters is 1. The van der Waals surface area contributed by atoms with E-state index in [4.69, 9.17) is 19.3 Å². The van der Waals surface area contributed by atoms with Crippen LogP contribution in [0, 0.1) is 0 Å². The van der Waals surface area contributed by atoms with Crippen molar-refractivity contribution in [1.82, 2.24) is 19.2 Å². The fraction of sp³-hybridized carbons (Fsp3) is 0.421. The van der Waals surface area contributed by atoms with E-state index in [1.807, 2.05) is 56.8 Å². The smallest absolute Gasteiger partial charge is 0.355 e. The topological polar surface area (TPSA) is 70.8 Å². The van der Waals surface area contributed by atoms with Crippen molar-refractivity contribution < 1.29 is 19.0 Å². The lowest BCUT2D eigenvalue weighted by molar-refractivity contribution is 0.0512. The van der Waals surface area contributed by atoms with Gasteiger partial charge in [0, 0.05) is 42.0 Å². The Labute approximate surface area is 271 Å². The van der Waals surface area contributed by atoms with Gasteiger partial charge in [0.1, 0.15) is 11.4 Å². The lowest BCUT2D eigenvalue weighted by Gasteiger charge is -2.17. The zero-order valence-electron chi connectivity index (χ0n) is 27.8. The molecule has 2 aromatic heterocycles. The highest BCUT2D eigenvalue weighted by atomic mass is 16.5. The molecule has 3 aromatic carbocycles. The minimum Gasteiger partial charge on any atom is -0.493 e. The van der Waals surface area contributed by atoms with Gasteiger partial charge in [-0.2, -0.15) is 5.10 Å². The summed E-state index contributed by atoms with van der Waals surface area (Å²) >= 11 is 0. The number of para-hydroxylation sites is 1. The molecule has 8 heteroatoms. The Kier molecular flexibility index (Phi) is 9.75. The van der Waals surface area contributed by atoms with E-state index in [0.29, 0.717) is 31.9 Å². The van der Waals surface area contributed by atoms with Crippen molar-refractivity contribution in [1.29, 1.82) is 0 Å². The molecular weight excluding hydrogens is 576 g/mol. The Morgan fingerprint density at radius 1 is 0.957 bits per heavy atom. The van der Waals surface area contributed by atoms with Crippen molar-refractivity contribution in [3.63, 3.8) is 0 Å². The van der Waals surface area contributed by atoms with Gasteiger partial charge in [0.15, 0.2) is 0 Å². The Morgan fingerprint density at radius 2 is 1.72 bits per heavy atom. The number of hydrogen-bond acceptors (Lipinski definition) is 6. The molecule has 0 fully saturated rings. The second-order valence-corrected chi connectivity index (χ2v) is 12.5. The summed E-state index contributed by atoms with van der Waals surface area (Å²) < 4.78 is 22.4. The Bertz CT molecular complexity index is 1830. The third-order valence-electron chi connectivity index (χ3n) is 8.89. The fourth-order valence-electron chi connectivity index (χ4n) is 6.79. The number of rotatable bonds is 10. The number of hydrogen-bond donors (Lipinski definition) is 0. The first-order valence-electron chi connectivity index (χ1n) is 16.6. The van der Waals surface area contributed by atoms with Crippen LogP contribution in [0.25, 0.3) is 32.8 Å². The highest BCUT2D eigenvalue weighted by molar-refractivity contribution is 6.05. The summed E-state index contributed by atoms with van der Waals surface area (Å²) in [6.07, 6.45) is 3.51. The van der Waals surface area contributed by atoms with Crippen LogP contribution in [0.5, 0.6) is 5.75 Å². The normalized spacial score (nSPS) is 14.0. The van der Waals surface area contributed by atoms with Gasteiger partial charge in [0.2, 0.25) is 0 Å². The molecule has 1 aliphatic rings. The zero-order chi connectivity index (χ0) is 32.2. The van der Waals surface area contributed by atoms with E-state index < -0.39 is 0 Å². The molecule has 0 atom stereocenters. The molecule has 0 spiro atoms. The second kappa shape index (κ2) is 14.1. The van der Waals surface area contributed by atoms with Crippen LogP contribution in [0.4, 0.5) is 0 Å². The van der Waals surface area contributed by atoms with E-state index in [2.05, 4.69) is 52.9 Å². The quantitative estimate of drug-likeness (QED) is 0.118. The number of nitrogens with zero attached hydrogens (tertiary/aromatic N) is 4. The maximum atomic E-state index is 13.8. The number of fused-ring (bicyclic) bond motifs is 3. The summed E-state index contributed by atoms with van der Waals surface area (Å²) in [5.74, 6) is 0.615. The molecule has 1 aliphatic heterocycles. The molecule has 0 saturated heterocycles. The standard InChI is InChI=1S/C38H46N4O4/c1-6-44-38(43)37-30(19-13-23-45-34-20-11-15-27-14-7-8-16-28(27)34)29-17-12-18-31-35-32(25-46-26(2)3)39-41(5)33(35)24-40(4)21-9-10-22-42(37)36(29)31/h7-8,11-12,14-18,20,26H,6,9-10,13,19,21-25H2,1-5H3. The van der Waals surface area contributed by atoms with Crippen LogP contribution in [0.3, 0.4) is 0 Å². The number of carbonyl (C=O) groups is 1. The summed E-state index contributed by atoms with van der Waals surface area (Å²) in [6.45, 7) is 9.72. The molecule has 3 heterocycles. The van der Waals surface area contributed by atoms with E-state index in [9.17, 15) is 4.79 Å². The molecule has 0 bridgehead atoms. The largest absolute Gasteiger partial charge is 0.493 e. The molecule has 5 aromatic rings. The molecule has 0 amide bonds. The van der Waals surface area contributed by atoms with Gasteiger partial charge in [-0.05, 0) is 77.1 Å². The fourth-order valence-corrected chi connectivity index (χ4v) is 6.79. The van der Waals surface area contributed by atoms with Crippen LogP contribution in [0.2, 0.25) is 0 Å². The highest BCUT2D eigenvalue weighted by Crippen LogP contribution is 2.39. The van der Waals surface area contributed by atoms with E-state index in [-0.39, 0.29) is 12.1 Å². The van der Waals surface area contributed by atoms with Crippen molar-refractivity contribution in [2.75, 3.05) is 26.8 Å². The van der Waals surface area contributed by atoms with Gasteiger partial charge in [-0.1, -0.05) is 54.6 Å². The monoisotopic (exact) mass is 622 g/mol. The summed E-state index contributed by atoms with van der Waals surface area (Å²) in [5.41, 5.74) is 7.00. The summed E-state index contributed by atoms with van der Waals surface area (Å²) in [5, 5.41) is 8.33. The molecule has 6 rings (SSSR count). The number of benzene rings is 3. The van der Waals surface area contributed by atoms with Crippen molar-refractivity contribution in [3.05, 3.63) is 83.3 Å². The van der Waals surface area contributed by atoms with Crippen LogP contribution in [-0.2, 0) is 42.6 Å². The second-order valence-electron chi connectivity index (χ2n) is 12.5. The van der Waals surface area contributed by atoms with Crippen LogP contribution in [0.1, 0.15) is 67.5 Å². The van der Waals surface area contributed by atoms with Crippen LogP contribution in [-0.4, -0.2) is 58.1 Å². The number of aromatic nitrogens is 3. The summed E-state index contributed by atoms with van der Waals surface area (Å²) in [6, 6.07) is 20.9. The first-order valence-corrected chi connectivity index (χ1v) is 16.6. The van der Waals surface area contributed by atoms with Crippen molar-refractivity contribution in [3.8, 4) is 16.9 Å². The van der Waals surface area contributed by atoms with Crippen molar-refractivity contribution >= 4 is 27.6 Å². The molecule has 8 nitrogen and oxygen atoms in total. The van der Waals surface area contributed by atoms with Gasteiger partial charge in [-0.25, -0.2) is 4.79 Å².